The van der Waals surface area contributed by atoms with E-state index in [9.17, 15) is 4.79 Å². The van der Waals surface area contributed by atoms with Crippen molar-refractivity contribution < 1.29 is 14.3 Å². The fraction of sp³-hybridized carbons (Fsp3) is 0.438. The summed E-state index contributed by atoms with van der Waals surface area (Å²) in [5.74, 6) is 0.509. The molecular formula is C16H21BrO3. The minimum absolute atomic E-state index is 0.353. The van der Waals surface area contributed by atoms with Gasteiger partial charge in [0.05, 0.1) is 13.7 Å². The Balaban J connectivity index is 2.28. The predicted molar refractivity (Wildman–Crippen MR) is 85.2 cm³/mol. The van der Waals surface area contributed by atoms with Crippen molar-refractivity contribution in [1.82, 2.24) is 0 Å². The van der Waals surface area contributed by atoms with Gasteiger partial charge in [0.1, 0.15) is 5.75 Å². The van der Waals surface area contributed by atoms with Crippen LogP contribution in [0.5, 0.6) is 5.75 Å². The summed E-state index contributed by atoms with van der Waals surface area (Å²) in [7, 11) is 1.36. The SMILES string of the molecule is COC(=O)C=Cc1ccc(OCCCCCCBr)cc1. The highest BCUT2D eigenvalue weighted by Crippen LogP contribution is 2.14. The van der Waals surface area contributed by atoms with Crippen LogP contribution in [0.3, 0.4) is 0 Å². The van der Waals surface area contributed by atoms with Gasteiger partial charge in [-0.3, -0.25) is 0 Å². The van der Waals surface area contributed by atoms with E-state index in [2.05, 4.69) is 20.7 Å². The van der Waals surface area contributed by atoms with Gasteiger partial charge in [-0.15, -0.1) is 0 Å². The van der Waals surface area contributed by atoms with Gasteiger partial charge >= 0.3 is 5.97 Å². The van der Waals surface area contributed by atoms with Crippen LogP contribution in [0.1, 0.15) is 31.2 Å². The summed E-state index contributed by atoms with van der Waals surface area (Å²) >= 11 is 3.42. The number of methoxy groups -OCH3 is 1. The molecule has 0 aliphatic carbocycles. The number of halogens is 1. The Hall–Kier alpha value is -1.29. The molecule has 1 aromatic rings. The van der Waals surface area contributed by atoms with Crippen LogP contribution >= 0.6 is 15.9 Å². The van der Waals surface area contributed by atoms with Crippen molar-refractivity contribution in [2.45, 2.75) is 25.7 Å². The summed E-state index contributed by atoms with van der Waals surface area (Å²) in [6, 6.07) is 7.66. The van der Waals surface area contributed by atoms with Crippen molar-refractivity contribution in [2.75, 3.05) is 19.0 Å². The number of carbonyl (C=O) groups is 1. The molecule has 0 N–H and O–H groups in total. The molecule has 3 nitrogen and oxygen atoms in total. The molecule has 0 aliphatic heterocycles. The van der Waals surface area contributed by atoms with Crippen molar-refractivity contribution in [3.8, 4) is 5.75 Å². The zero-order valence-corrected chi connectivity index (χ0v) is 13.4. The predicted octanol–water partition coefficient (Wildman–Crippen LogP) is 4.21. The Labute approximate surface area is 129 Å². The molecule has 0 radical (unpaired) electrons. The van der Waals surface area contributed by atoms with Crippen LogP contribution in [0.2, 0.25) is 0 Å². The van der Waals surface area contributed by atoms with Gasteiger partial charge in [-0.2, -0.15) is 0 Å². The summed E-state index contributed by atoms with van der Waals surface area (Å²) in [5, 5.41) is 1.08. The molecule has 110 valence electrons. The first-order valence-corrected chi connectivity index (χ1v) is 7.93. The largest absolute Gasteiger partial charge is 0.494 e. The number of ether oxygens (including phenoxy) is 2. The highest BCUT2D eigenvalue weighted by atomic mass is 79.9. The number of esters is 1. The molecule has 0 heterocycles. The first-order chi connectivity index (χ1) is 9.76. The number of carbonyl (C=O) groups excluding carboxylic acids is 1. The third-order valence-corrected chi connectivity index (χ3v) is 3.35. The second kappa shape index (κ2) is 10.5. The molecule has 0 atom stereocenters. The lowest BCUT2D eigenvalue weighted by Crippen LogP contribution is -1.97. The lowest BCUT2D eigenvalue weighted by molar-refractivity contribution is -0.134. The average molecular weight is 341 g/mol. The molecule has 0 aliphatic rings. The van der Waals surface area contributed by atoms with E-state index < -0.39 is 0 Å². The van der Waals surface area contributed by atoms with E-state index >= 15 is 0 Å². The van der Waals surface area contributed by atoms with E-state index in [1.807, 2.05) is 24.3 Å². The number of rotatable bonds is 9. The second-order valence-corrected chi connectivity index (χ2v) is 5.17. The molecule has 0 aromatic heterocycles. The second-order valence-electron chi connectivity index (χ2n) is 4.38. The van der Waals surface area contributed by atoms with Crippen molar-refractivity contribution in [1.29, 1.82) is 0 Å². The van der Waals surface area contributed by atoms with E-state index in [4.69, 9.17) is 4.74 Å². The Morgan fingerprint density at radius 2 is 1.85 bits per heavy atom. The summed E-state index contributed by atoms with van der Waals surface area (Å²) in [4.78, 5) is 11.0. The van der Waals surface area contributed by atoms with Crippen LogP contribution in [-0.4, -0.2) is 25.0 Å². The molecule has 1 aromatic carbocycles. The van der Waals surface area contributed by atoms with Gasteiger partial charge in [0.15, 0.2) is 0 Å². The summed E-state index contributed by atoms with van der Waals surface area (Å²) in [6.45, 7) is 0.750. The van der Waals surface area contributed by atoms with E-state index in [0.717, 1.165) is 29.7 Å². The third-order valence-electron chi connectivity index (χ3n) is 2.79. The number of alkyl halides is 1. The normalized spacial score (nSPS) is 10.7. The molecule has 0 bridgehead atoms. The maximum atomic E-state index is 11.0. The molecule has 0 spiro atoms. The van der Waals surface area contributed by atoms with Gasteiger partial charge < -0.3 is 9.47 Å². The molecule has 0 fully saturated rings. The van der Waals surface area contributed by atoms with Crippen LogP contribution in [0, 0.1) is 0 Å². The standard InChI is InChI=1S/C16H21BrO3/c1-19-16(18)11-8-14-6-9-15(10-7-14)20-13-5-3-2-4-12-17/h6-11H,2-5,12-13H2,1H3. The Morgan fingerprint density at radius 1 is 1.15 bits per heavy atom. The monoisotopic (exact) mass is 340 g/mol. The van der Waals surface area contributed by atoms with Gasteiger partial charge in [-0.1, -0.05) is 40.9 Å². The van der Waals surface area contributed by atoms with Crippen molar-refractivity contribution in [2.24, 2.45) is 0 Å². The maximum absolute atomic E-state index is 11.0. The topological polar surface area (TPSA) is 35.5 Å². The zero-order valence-electron chi connectivity index (χ0n) is 11.8. The third kappa shape index (κ3) is 7.34. The molecule has 0 amide bonds. The van der Waals surface area contributed by atoms with E-state index in [1.54, 1.807) is 6.08 Å². The van der Waals surface area contributed by atoms with Crippen LogP contribution in [-0.2, 0) is 9.53 Å². The van der Waals surface area contributed by atoms with Crippen molar-refractivity contribution in [3.05, 3.63) is 35.9 Å². The summed E-state index contributed by atoms with van der Waals surface area (Å²) in [5.41, 5.74) is 0.945. The lowest BCUT2D eigenvalue weighted by atomic mass is 10.2. The molecule has 0 unspecified atom stereocenters. The Morgan fingerprint density at radius 3 is 2.50 bits per heavy atom. The Bertz CT molecular complexity index is 412. The van der Waals surface area contributed by atoms with E-state index in [0.29, 0.717) is 0 Å². The van der Waals surface area contributed by atoms with Gasteiger partial charge in [-0.25, -0.2) is 4.79 Å². The summed E-state index contributed by atoms with van der Waals surface area (Å²) < 4.78 is 10.2. The van der Waals surface area contributed by atoms with Gasteiger partial charge in [0.2, 0.25) is 0 Å². The van der Waals surface area contributed by atoms with Crippen LogP contribution in [0.15, 0.2) is 30.3 Å². The maximum Gasteiger partial charge on any atom is 0.330 e. The molecule has 0 saturated heterocycles. The highest BCUT2D eigenvalue weighted by molar-refractivity contribution is 9.09. The van der Waals surface area contributed by atoms with Gasteiger partial charge in [0, 0.05) is 11.4 Å². The van der Waals surface area contributed by atoms with Crippen molar-refractivity contribution >= 4 is 28.0 Å². The van der Waals surface area contributed by atoms with Gasteiger partial charge in [-0.05, 0) is 36.6 Å². The molecule has 1 rings (SSSR count). The smallest absolute Gasteiger partial charge is 0.330 e. The molecule has 0 saturated carbocycles. The van der Waals surface area contributed by atoms with Gasteiger partial charge in [0.25, 0.3) is 0 Å². The number of hydrogen-bond donors (Lipinski definition) is 0. The van der Waals surface area contributed by atoms with Crippen LogP contribution < -0.4 is 4.74 Å². The number of hydrogen-bond acceptors (Lipinski definition) is 3. The fourth-order valence-electron chi connectivity index (χ4n) is 1.65. The average Bonchev–Trinajstić information content (AvgIpc) is 2.49. The molecular weight excluding hydrogens is 320 g/mol. The fourth-order valence-corrected chi connectivity index (χ4v) is 2.04. The van der Waals surface area contributed by atoms with Crippen LogP contribution in [0.25, 0.3) is 6.08 Å². The summed E-state index contributed by atoms with van der Waals surface area (Å²) in [6.07, 6.45) is 7.87. The molecule has 20 heavy (non-hydrogen) atoms. The van der Waals surface area contributed by atoms with E-state index in [-0.39, 0.29) is 5.97 Å². The zero-order chi connectivity index (χ0) is 14.6. The van der Waals surface area contributed by atoms with Crippen molar-refractivity contribution in [3.63, 3.8) is 0 Å². The first-order valence-electron chi connectivity index (χ1n) is 6.81. The lowest BCUT2D eigenvalue weighted by Gasteiger charge is -2.06. The Kier molecular flexibility index (Phi) is 8.79. The quantitative estimate of drug-likeness (QED) is 0.292. The highest BCUT2D eigenvalue weighted by Gasteiger charge is 1.96. The number of benzene rings is 1. The van der Waals surface area contributed by atoms with Crippen LogP contribution in [0.4, 0.5) is 0 Å². The minimum Gasteiger partial charge on any atom is -0.494 e. The number of unbranched alkanes of at least 4 members (excludes halogenated alkanes) is 3. The molecule has 4 heteroatoms. The first kappa shape index (κ1) is 16.8. The van der Waals surface area contributed by atoms with E-state index in [1.165, 1.54) is 32.4 Å². The minimum atomic E-state index is -0.353.